The number of hydrogen-bond acceptors (Lipinski definition) is 5. The van der Waals surface area contributed by atoms with Crippen LogP contribution in [0, 0.1) is 13.8 Å². The summed E-state index contributed by atoms with van der Waals surface area (Å²) in [5.74, 6) is -0.965. The van der Waals surface area contributed by atoms with Crippen LogP contribution in [-0.4, -0.2) is 34.4 Å². The number of hydrazone groups is 1. The summed E-state index contributed by atoms with van der Waals surface area (Å²) < 4.78 is 0. The van der Waals surface area contributed by atoms with Crippen molar-refractivity contribution in [2.75, 3.05) is 11.4 Å². The van der Waals surface area contributed by atoms with Crippen LogP contribution < -0.4 is 10.2 Å². The van der Waals surface area contributed by atoms with Gasteiger partial charge >= 0.3 is 0 Å². The molecule has 1 atom stereocenters. The van der Waals surface area contributed by atoms with Gasteiger partial charge < -0.3 is 10.2 Å². The number of amidine groups is 1. The van der Waals surface area contributed by atoms with Gasteiger partial charge in [-0.3, -0.25) is 14.4 Å². The number of benzene rings is 1. The van der Waals surface area contributed by atoms with E-state index >= 15 is 0 Å². The summed E-state index contributed by atoms with van der Waals surface area (Å²) in [6, 6.07) is 3.90. The van der Waals surface area contributed by atoms with Gasteiger partial charge in [0.2, 0.25) is 16.7 Å². The molecule has 3 amide bonds. The Balaban J connectivity index is 2.24. The van der Waals surface area contributed by atoms with Crippen LogP contribution in [-0.2, 0) is 19.3 Å². The van der Waals surface area contributed by atoms with Crippen LogP contribution in [0.1, 0.15) is 30.5 Å². The molecule has 3 rings (SSSR count). The lowest BCUT2D eigenvalue weighted by Gasteiger charge is -2.29. The molecule has 2 heterocycles. The number of nitrogens with zero attached hydrogens (tertiary/aromatic N) is 3. The minimum Gasteiger partial charge on any atom is -0.305 e. The topological polar surface area (TPSA) is 82.1 Å². The van der Waals surface area contributed by atoms with E-state index in [4.69, 9.17) is 0 Å². The van der Waals surface area contributed by atoms with E-state index < -0.39 is 4.87 Å². The van der Waals surface area contributed by atoms with Crippen LogP contribution in [0.15, 0.2) is 29.9 Å². The van der Waals surface area contributed by atoms with Gasteiger partial charge in [-0.2, -0.15) is 5.01 Å². The molecule has 0 aliphatic carbocycles. The molecule has 0 fully saturated rings. The number of rotatable bonds is 2. The van der Waals surface area contributed by atoms with Crippen molar-refractivity contribution in [3.05, 3.63) is 41.5 Å². The van der Waals surface area contributed by atoms with E-state index in [1.807, 2.05) is 26.0 Å². The molecule has 1 aromatic rings. The molecular formula is C18H20N4O3S. The van der Waals surface area contributed by atoms with Gasteiger partial charge in [-0.05, 0) is 31.2 Å². The van der Waals surface area contributed by atoms with Crippen LogP contribution in [0.3, 0.4) is 0 Å². The Morgan fingerprint density at radius 2 is 2.04 bits per heavy atom. The molecule has 0 bridgehead atoms. The quantitative estimate of drug-likeness (QED) is 0.805. The zero-order valence-electron chi connectivity index (χ0n) is 15.1. The average molecular weight is 372 g/mol. The molecule has 0 aromatic heterocycles. The van der Waals surface area contributed by atoms with Gasteiger partial charge in [0.25, 0.3) is 5.91 Å². The van der Waals surface area contributed by atoms with E-state index in [0.29, 0.717) is 12.1 Å². The molecule has 2 aliphatic rings. The molecule has 0 radical (unpaired) electrons. The summed E-state index contributed by atoms with van der Waals surface area (Å²) in [5, 5.41) is 8.22. The molecule has 2 aliphatic heterocycles. The third kappa shape index (κ3) is 2.52. The molecule has 7 nitrogen and oxygen atoms in total. The standard InChI is InChI=1S/C18H20N4O3S/c1-6-7-21-15-11(3)8-10(2)9-14(15)18(16(21)25)22(13(5)24)20-17(26-18)19-12(4)23/h6,8-9H,1,7H2,2-5H3,(H,19,20,23)/t18-/m1/s1. The fourth-order valence-electron chi connectivity index (χ4n) is 3.44. The first-order valence-electron chi connectivity index (χ1n) is 8.13. The summed E-state index contributed by atoms with van der Waals surface area (Å²) >= 11 is 1.08. The Hall–Kier alpha value is -2.61. The zero-order chi connectivity index (χ0) is 19.2. The Bertz CT molecular complexity index is 879. The van der Waals surface area contributed by atoms with Crippen molar-refractivity contribution < 1.29 is 14.4 Å². The first-order valence-corrected chi connectivity index (χ1v) is 8.94. The van der Waals surface area contributed by atoms with Crippen LogP contribution in [0.2, 0.25) is 0 Å². The van der Waals surface area contributed by atoms with E-state index in [1.165, 1.54) is 18.9 Å². The molecule has 0 unspecified atom stereocenters. The van der Waals surface area contributed by atoms with Crippen molar-refractivity contribution >= 4 is 40.3 Å². The molecule has 1 aromatic carbocycles. The summed E-state index contributed by atoms with van der Waals surface area (Å²) in [7, 11) is 0. The van der Waals surface area contributed by atoms with Gasteiger partial charge in [-0.15, -0.1) is 11.7 Å². The van der Waals surface area contributed by atoms with Crippen molar-refractivity contribution in [2.24, 2.45) is 5.10 Å². The Kier molecular flexibility index (Phi) is 4.39. The summed E-state index contributed by atoms with van der Waals surface area (Å²) in [5.41, 5.74) is 3.37. The smallest absolute Gasteiger partial charge is 0.271 e. The average Bonchev–Trinajstić information content (AvgIpc) is 3.01. The number of anilines is 1. The van der Waals surface area contributed by atoms with Crippen LogP contribution >= 0.6 is 11.8 Å². The minimum atomic E-state index is -1.35. The Morgan fingerprint density at radius 1 is 1.35 bits per heavy atom. The predicted molar refractivity (Wildman–Crippen MR) is 102 cm³/mol. The lowest BCUT2D eigenvalue weighted by Crippen LogP contribution is -2.48. The molecule has 136 valence electrons. The normalized spacial score (nSPS) is 21.1. The highest BCUT2D eigenvalue weighted by Gasteiger charge is 2.61. The minimum absolute atomic E-state index is 0.228. The number of fused-ring (bicyclic) bond motifs is 2. The fraction of sp³-hybridized carbons (Fsp3) is 0.333. The molecule has 0 saturated heterocycles. The fourth-order valence-corrected chi connectivity index (χ4v) is 4.76. The van der Waals surface area contributed by atoms with Crippen LogP contribution in [0.5, 0.6) is 0 Å². The molecule has 8 heteroatoms. The van der Waals surface area contributed by atoms with Gasteiger partial charge in [-0.1, -0.05) is 23.8 Å². The Labute approximate surface area is 156 Å². The number of aryl methyl sites for hydroxylation is 2. The summed E-state index contributed by atoms with van der Waals surface area (Å²) in [6.45, 7) is 10.6. The number of hydrogen-bond donors (Lipinski definition) is 1. The number of thioether (sulfide) groups is 1. The molecule has 0 saturated carbocycles. The van der Waals surface area contributed by atoms with E-state index in [9.17, 15) is 14.4 Å². The summed E-state index contributed by atoms with van der Waals surface area (Å²) in [6.07, 6.45) is 1.65. The maximum Gasteiger partial charge on any atom is 0.271 e. The number of amides is 3. The zero-order valence-corrected chi connectivity index (χ0v) is 15.9. The molecular weight excluding hydrogens is 352 g/mol. The number of carbonyl (C=O) groups excluding carboxylic acids is 3. The van der Waals surface area contributed by atoms with Gasteiger partial charge in [-0.25, -0.2) is 0 Å². The first-order chi connectivity index (χ1) is 12.2. The van der Waals surface area contributed by atoms with Crippen LogP contribution in [0.25, 0.3) is 0 Å². The van der Waals surface area contributed by atoms with Crippen molar-refractivity contribution in [2.45, 2.75) is 32.6 Å². The van der Waals surface area contributed by atoms with E-state index in [1.54, 1.807) is 11.0 Å². The van der Waals surface area contributed by atoms with E-state index in [-0.39, 0.29) is 22.9 Å². The maximum atomic E-state index is 13.5. The lowest BCUT2D eigenvalue weighted by atomic mass is 10.0. The Morgan fingerprint density at radius 3 is 2.62 bits per heavy atom. The van der Waals surface area contributed by atoms with Crippen molar-refractivity contribution in [3.8, 4) is 0 Å². The van der Waals surface area contributed by atoms with Gasteiger partial charge in [0.15, 0.2) is 5.17 Å². The van der Waals surface area contributed by atoms with E-state index in [2.05, 4.69) is 17.0 Å². The predicted octanol–water partition coefficient (Wildman–Crippen LogP) is 1.99. The van der Waals surface area contributed by atoms with Crippen molar-refractivity contribution in [1.29, 1.82) is 0 Å². The highest BCUT2D eigenvalue weighted by molar-refractivity contribution is 8.15. The number of carbonyl (C=O) groups is 3. The summed E-state index contributed by atoms with van der Waals surface area (Å²) in [4.78, 5) is 37.5. The first kappa shape index (κ1) is 18.2. The second-order valence-corrected chi connectivity index (χ2v) is 7.53. The molecule has 1 N–H and O–H groups in total. The monoisotopic (exact) mass is 372 g/mol. The van der Waals surface area contributed by atoms with Gasteiger partial charge in [0.05, 0.1) is 5.69 Å². The second-order valence-electron chi connectivity index (χ2n) is 6.35. The van der Waals surface area contributed by atoms with Crippen LogP contribution in [0.4, 0.5) is 5.69 Å². The third-order valence-electron chi connectivity index (χ3n) is 4.24. The number of nitrogens with one attached hydrogen (secondary N) is 1. The second kappa shape index (κ2) is 6.28. The molecule has 26 heavy (non-hydrogen) atoms. The lowest BCUT2D eigenvalue weighted by molar-refractivity contribution is -0.139. The van der Waals surface area contributed by atoms with E-state index in [0.717, 1.165) is 28.6 Å². The van der Waals surface area contributed by atoms with Gasteiger partial charge in [0.1, 0.15) is 0 Å². The van der Waals surface area contributed by atoms with Crippen molar-refractivity contribution in [3.63, 3.8) is 0 Å². The maximum absolute atomic E-state index is 13.5. The van der Waals surface area contributed by atoms with Gasteiger partial charge in [0, 0.05) is 26.0 Å². The SMILES string of the molecule is C=CCN1C(=O)[C@]2(SC(NC(C)=O)=NN2C(C)=O)c2cc(C)cc(C)c21. The highest BCUT2D eigenvalue weighted by Crippen LogP contribution is 2.55. The largest absolute Gasteiger partial charge is 0.305 e. The highest BCUT2D eigenvalue weighted by atomic mass is 32.2. The molecule has 1 spiro atoms. The van der Waals surface area contributed by atoms with Crippen molar-refractivity contribution in [1.82, 2.24) is 10.3 Å². The third-order valence-corrected chi connectivity index (χ3v) is 5.48.